The molecule has 35 heavy (non-hydrogen) atoms. The molecule has 2 aromatic carbocycles. The molecule has 1 aliphatic carbocycles. The van der Waals surface area contributed by atoms with Crippen molar-refractivity contribution in [2.45, 2.75) is 24.8 Å². The van der Waals surface area contributed by atoms with Crippen LogP contribution in [0.15, 0.2) is 54.7 Å². The number of ether oxygens (including phenoxy) is 1. The van der Waals surface area contributed by atoms with Crippen LogP contribution in [-0.2, 0) is 14.3 Å². The first-order valence-electron chi connectivity index (χ1n) is 10.7. The van der Waals surface area contributed by atoms with Crippen molar-refractivity contribution < 1.29 is 28.6 Å². The minimum atomic E-state index is -1.32. The van der Waals surface area contributed by atoms with E-state index < -0.39 is 42.1 Å². The lowest BCUT2D eigenvalue weighted by Crippen LogP contribution is -2.44. The van der Waals surface area contributed by atoms with Crippen LogP contribution < -0.4 is 10.6 Å². The number of nitrogens with zero attached hydrogens (tertiary/aromatic N) is 2. The van der Waals surface area contributed by atoms with Crippen LogP contribution in [0.5, 0.6) is 0 Å². The molecule has 0 bridgehead atoms. The summed E-state index contributed by atoms with van der Waals surface area (Å²) in [5.41, 5.74) is 4.14. The molecule has 9 nitrogen and oxygen atoms in total. The molecule has 1 heterocycles. The van der Waals surface area contributed by atoms with Gasteiger partial charge in [0.1, 0.15) is 12.6 Å². The molecule has 11 heteroatoms. The Kier molecular flexibility index (Phi) is 7.21. The third-order valence-electron chi connectivity index (χ3n) is 5.56. The van der Waals surface area contributed by atoms with Crippen molar-refractivity contribution in [2.75, 3.05) is 11.9 Å². The quantitative estimate of drug-likeness (QED) is 0.400. The summed E-state index contributed by atoms with van der Waals surface area (Å²) in [6.45, 7) is 0.00325. The fourth-order valence-electron chi connectivity index (χ4n) is 3.96. The second-order valence-corrected chi connectivity index (χ2v) is 8.12. The molecular formula is C24H20ClFN4O5. The SMILES string of the molecule is O=C(O)CCC(NC(=O)OCC1c2ccccc2-c2ccccc21)C(=O)Nc1nc(Cl)ncc1F. The number of hydrogen-bond acceptors (Lipinski definition) is 6. The summed E-state index contributed by atoms with van der Waals surface area (Å²) in [5, 5.41) is 13.3. The van der Waals surface area contributed by atoms with Gasteiger partial charge in [-0.25, -0.2) is 14.2 Å². The minimum Gasteiger partial charge on any atom is -0.481 e. The molecule has 1 aliphatic rings. The van der Waals surface area contributed by atoms with Crippen LogP contribution in [0.4, 0.5) is 15.0 Å². The highest BCUT2D eigenvalue weighted by atomic mass is 35.5. The molecule has 0 saturated carbocycles. The average Bonchev–Trinajstić information content (AvgIpc) is 3.16. The predicted molar refractivity (Wildman–Crippen MR) is 124 cm³/mol. The monoisotopic (exact) mass is 498 g/mol. The van der Waals surface area contributed by atoms with Crippen LogP contribution >= 0.6 is 11.6 Å². The number of halogens is 2. The molecule has 3 aromatic rings. The van der Waals surface area contributed by atoms with Gasteiger partial charge in [0.05, 0.1) is 6.20 Å². The summed E-state index contributed by atoms with van der Waals surface area (Å²) in [6.07, 6.45) is -0.824. The van der Waals surface area contributed by atoms with E-state index in [1.54, 1.807) is 0 Å². The molecular weight excluding hydrogens is 479 g/mol. The maximum Gasteiger partial charge on any atom is 0.407 e. The van der Waals surface area contributed by atoms with E-state index in [0.717, 1.165) is 28.5 Å². The maximum atomic E-state index is 13.9. The Balaban J connectivity index is 1.44. The highest BCUT2D eigenvalue weighted by Gasteiger charge is 2.30. The number of hydrogen-bond donors (Lipinski definition) is 3. The molecule has 1 aromatic heterocycles. The van der Waals surface area contributed by atoms with Gasteiger partial charge in [0.25, 0.3) is 0 Å². The molecule has 0 radical (unpaired) electrons. The van der Waals surface area contributed by atoms with Crippen molar-refractivity contribution in [3.8, 4) is 11.1 Å². The van der Waals surface area contributed by atoms with Gasteiger partial charge in [-0.3, -0.25) is 9.59 Å². The molecule has 1 atom stereocenters. The van der Waals surface area contributed by atoms with E-state index >= 15 is 0 Å². The van der Waals surface area contributed by atoms with Crippen molar-refractivity contribution in [2.24, 2.45) is 0 Å². The Labute approximate surface area is 204 Å². The second kappa shape index (κ2) is 10.5. The lowest BCUT2D eigenvalue weighted by molar-refractivity contribution is -0.137. The second-order valence-electron chi connectivity index (χ2n) is 7.78. The van der Waals surface area contributed by atoms with Crippen LogP contribution in [0, 0.1) is 5.82 Å². The van der Waals surface area contributed by atoms with Crippen molar-refractivity contribution >= 4 is 35.4 Å². The molecule has 1 unspecified atom stereocenters. The van der Waals surface area contributed by atoms with E-state index in [9.17, 15) is 18.8 Å². The van der Waals surface area contributed by atoms with Crippen LogP contribution in [-0.4, -0.2) is 45.7 Å². The topological polar surface area (TPSA) is 131 Å². The van der Waals surface area contributed by atoms with Gasteiger partial charge in [-0.2, -0.15) is 4.98 Å². The van der Waals surface area contributed by atoms with Gasteiger partial charge in [-0.05, 0) is 40.3 Å². The maximum absolute atomic E-state index is 13.9. The first-order chi connectivity index (χ1) is 16.8. The van der Waals surface area contributed by atoms with Crippen molar-refractivity contribution in [3.05, 3.63) is 77.0 Å². The Morgan fingerprint density at radius 3 is 2.34 bits per heavy atom. The summed E-state index contributed by atoms with van der Waals surface area (Å²) in [4.78, 5) is 43.3. The smallest absolute Gasteiger partial charge is 0.407 e. The molecule has 2 amide bonds. The number of carboxylic acids is 1. The Morgan fingerprint density at radius 2 is 1.71 bits per heavy atom. The van der Waals surface area contributed by atoms with E-state index in [1.807, 2.05) is 48.5 Å². The van der Waals surface area contributed by atoms with E-state index in [1.165, 1.54) is 0 Å². The first kappa shape index (κ1) is 24.1. The van der Waals surface area contributed by atoms with Crippen LogP contribution in [0.2, 0.25) is 5.28 Å². The van der Waals surface area contributed by atoms with Gasteiger partial charge in [-0.15, -0.1) is 0 Å². The largest absolute Gasteiger partial charge is 0.481 e. The summed E-state index contributed by atoms with van der Waals surface area (Å²) >= 11 is 5.63. The summed E-state index contributed by atoms with van der Waals surface area (Å²) in [7, 11) is 0. The number of fused-ring (bicyclic) bond motifs is 3. The number of rotatable bonds is 8. The number of carbonyl (C=O) groups excluding carboxylic acids is 2. The van der Waals surface area contributed by atoms with Crippen molar-refractivity contribution in [1.29, 1.82) is 0 Å². The number of aliphatic carboxylic acids is 1. The Hall–Kier alpha value is -4.05. The summed E-state index contributed by atoms with van der Waals surface area (Å²) < 4.78 is 19.3. The van der Waals surface area contributed by atoms with Gasteiger partial charge in [0, 0.05) is 12.3 Å². The Morgan fingerprint density at radius 1 is 1.09 bits per heavy atom. The van der Waals surface area contributed by atoms with Gasteiger partial charge < -0.3 is 20.5 Å². The predicted octanol–water partition coefficient (Wildman–Crippen LogP) is 3.98. The number of nitrogens with one attached hydrogen (secondary N) is 2. The highest BCUT2D eigenvalue weighted by Crippen LogP contribution is 2.44. The summed E-state index contributed by atoms with van der Waals surface area (Å²) in [6, 6.07) is 14.3. The summed E-state index contributed by atoms with van der Waals surface area (Å²) in [5.74, 6) is -3.69. The number of anilines is 1. The zero-order valence-electron chi connectivity index (χ0n) is 18.2. The highest BCUT2D eigenvalue weighted by molar-refractivity contribution is 6.28. The zero-order chi connectivity index (χ0) is 24.9. The number of alkyl carbamates (subject to hydrolysis) is 1. The molecule has 4 rings (SSSR count). The van der Waals surface area contributed by atoms with Gasteiger partial charge in [0.2, 0.25) is 11.2 Å². The fourth-order valence-corrected chi connectivity index (χ4v) is 4.09. The van der Waals surface area contributed by atoms with Crippen LogP contribution in [0.1, 0.15) is 29.9 Å². The van der Waals surface area contributed by atoms with Gasteiger partial charge in [0.15, 0.2) is 11.6 Å². The van der Waals surface area contributed by atoms with Crippen molar-refractivity contribution in [1.82, 2.24) is 15.3 Å². The third-order valence-corrected chi connectivity index (χ3v) is 5.74. The molecule has 0 fully saturated rings. The first-order valence-corrected chi connectivity index (χ1v) is 11.0. The number of carbonyl (C=O) groups is 3. The number of amides is 2. The molecule has 180 valence electrons. The lowest BCUT2D eigenvalue weighted by Gasteiger charge is -2.19. The van der Waals surface area contributed by atoms with Crippen LogP contribution in [0.3, 0.4) is 0 Å². The molecule has 0 spiro atoms. The normalized spacial score (nSPS) is 12.9. The lowest BCUT2D eigenvalue weighted by atomic mass is 9.98. The fraction of sp³-hybridized carbons (Fsp3) is 0.208. The third kappa shape index (κ3) is 5.55. The molecule has 3 N–H and O–H groups in total. The molecule has 0 saturated heterocycles. The van der Waals surface area contributed by atoms with Gasteiger partial charge in [-0.1, -0.05) is 48.5 Å². The Bertz CT molecular complexity index is 1240. The van der Waals surface area contributed by atoms with E-state index in [2.05, 4.69) is 20.6 Å². The number of aromatic nitrogens is 2. The zero-order valence-corrected chi connectivity index (χ0v) is 19.0. The minimum absolute atomic E-state index is 0.00325. The standard InChI is InChI=1S/C24H20ClFN4O5/c25-23-27-11-18(26)21(30-23)29-22(33)19(9-10-20(31)32)28-24(34)35-12-17-15-7-3-1-5-13(15)14-6-2-4-8-16(14)17/h1-8,11,17,19H,9-10,12H2,(H,28,34)(H,31,32)(H,27,29,30,33). The van der Waals surface area contributed by atoms with E-state index in [-0.39, 0.29) is 24.2 Å². The van der Waals surface area contributed by atoms with Crippen LogP contribution in [0.25, 0.3) is 11.1 Å². The van der Waals surface area contributed by atoms with Crippen molar-refractivity contribution in [3.63, 3.8) is 0 Å². The average molecular weight is 499 g/mol. The number of benzene rings is 2. The number of carboxylic acid groups (broad SMARTS) is 1. The molecule has 0 aliphatic heterocycles. The van der Waals surface area contributed by atoms with Gasteiger partial charge >= 0.3 is 12.1 Å². The van der Waals surface area contributed by atoms with E-state index in [0.29, 0.717) is 0 Å². The van der Waals surface area contributed by atoms with E-state index in [4.69, 9.17) is 21.4 Å².